The van der Waals surface area contributed by atoms with Crippen molar-refractivity contribution in [1.29, 1.82) is 0 Å². The molecule has 1 heterocycles. The average Bonchev–Trinajstić information content (AvgIpc) is 2.88. The van der Waals surface area contributed by atoms with Crippen LogP contribution in [0, 0.1) is 0 Å². The zero-order valence-corrected chi connectivity index (χ0v) is 22.1. The summed E-state index contributed by atoms with van der Waals surface area (Å²) in [6.07, 6.45) is 0.296. The molecule has 3 aromatic carbocycles. The molecule has 2 atom stereocenters. The van der Waals surface area contributed by atoms with E-state index in [1.54, 1.807) is 7.11 Å². The Balaban J connectivity index is 1.59. The Morgan fingerprint density at radius 1 is 1.06 bits per heavy atom. The second kappa shape index (κ2) is 11.0. The molecule has 7 nitrogen and oxygen atoms in total. The summed E-state index contributed by atoms with van der Waals surface area (Å²) < 4.78 is 33.8. The first-order valence-corrected chi connectivity index (χ1v) is 13.4. The topological polar surface area (TPSA) is 79.0 Å². The smallest absolute Gasteiger partial charge is 0.244 e. The molecule has 0 fully saturated rings. The predicted octanol–water partition coefficient (Wildman–Crippen LogP) is 3.88. The van der Waals surface area contributed by atoms with Gasteiger partial charge in [0.25, 0.3) is 0 Å². The first-order valence-electron chi connectivity index (χ1n) is 11.6. The normalized spacial score (nSPS) is 16.9. The van der Waals surface area contributed by atoms with Crippen molar-refractivity contribution < 1.29 is 17.9 Å². The van der Waals surface area contributed by atoms with Crippen LogP contribution in [0.5, 0.6) is 5.75 Å². The van der Waals surface area contributed by atoms with Crippen molar-refractivity contribution in [2.75, 3.05) is 27.7 Å². The third kappa shape index (κ3) is 5.57. The molecule has 0 bridgehead atoms. The van der Waals surface area contributed by atoms with Crippen LogP contribution in [0.1, 0.15) is 22.7 Å². The second-order valence-corrected chi connectivity index (χ2v) is 11.3. The summed E-state index contributed by atoms with van der Waals surface area (Å²) in [5, 5.41) is 3.46. The molecule has 0 saturated carbocycles. The number of carbonyl (C=O) groups excluding carboxylic acids is 1. The van der Waals surface area contributed by atoms with E-state index in [4.69, 9.17) is 16.3 Å². The average molecular weight is 528 g/mol. The van der Waals surface area contributed by atoms with Crippen molar-refractivity contribution >= 4 is 27.5 Å². The Labute approximate surface area is 217 Å². The molecule has 190 valence electrons. The fourth-order valence-electron chi connectivity index (χ4n) is 4.46. The van der Waals surface area contributed by atoms with Crippen LogP contribution in [0.15, 0.2) is 77.7 Å². The van der Waals surface area contributed by atoms with Gasteiger partial charge in [-0.15, -0.1) is 0 Å². The fraction of sp³-hybridized carbons (Fsp3) is 0.296. The summed E-state index contributed by atoms with van der Waals surface area (Å²) in [6.45, 7) is 0.444. The first kappa shape index (κ1) is 26.2. The highest BCUT2D eigenvalue weighted by atomic mass is 35.5. The molecule has 0 unspecified atom stereocenters. The predicted molar refractivity (Wildman–Crippen MR) is 141 cm³/mol. The van der Waals surface area contributed by atoms with Crippen LogP contribution < -0.4 is 10.1 Å². The molecule has 4 rings (SSSR count). The van der Waals surface area contributed by atoms with Crippen molar-refractivity contribution in [3.8, 4) is 5.75 Å². The van der Waals surface area contributed by atoms with Gasteiger partial charge in [-0.2, -0.15) is 4.31 Å². The monoisotopic (exact) mass is 527 g/mol. The van der Waals surface area contributed by atoms with Crippen LogP contribution in [0.3, 0.4) is 0 Å². The minimum Gasteiger partial charge on any atom is -0.497 e. The SMILES string of the molecule is COc1ccc([C@@H](CNC(=O)[C@H]2Cc3ccccc3CN2S(=O)(=O)c2ccc(Cl)cc2)N(C)C)cc1. The van der Waals surface area contributed by atoms with Crippen LogP contribution in [0.4, 0.5) is 0 Å². The van der Waals surface area contributed by atoms with Gasteiger partial charge in [-0.3, -0.25) is 4.79 Å². The number of nitrogens with one attached hydrogen (secondary N) is 1. The molecule has 0 aliphatic carbocycles. The zero-order chi connectivity index (χ0) is 25.9. The minimum absolute atomic E-state index is 0.0999. The van der Waals surface area contributed by atoms with E-state index in [1.807, 2.05) is 67.5 Å². The maximum atomic E-state index is 13.6. The zero-order valence-electron chi connectivity index (χ0n) is 20.5. The van der Waals surface area contributed by atoms with Gasteiger partial charge < -0.3 is 15.0 Å². The summed E-state index contributed by atoms with van der Waals surface area (Å²) in [6, 6.07) is 20.4. The third-order valence-corrected chi connectivity index (χ3v) is 8.64. The molecule has 0 aromatic heterocycles. The molecule has 36 heavy (non-hydrogen) atoms. The molecule has 0 radical (unpaired) electrons. The van der Waals surface area contributed by atoms with E-state index in [1.165, 1.54) is 28.6 Å². The number of methoxy groups -OCH3 is 1. The lowest BCUT2D eigenvalue weighted by Gasteiger charge is -2.35. The highest BCUT2D eigenvalue weighted by molar-refractivity contribution is 7.89. The van der Waals surface area contributed by atoms with Gasteiger partial charge in [0.1, 0.15) is 11.8 Å². The lowest BCUT2D eigenvalue weighted by atomic mass is 9.95. The fourth-order valence-corrected chi connectivity index (χ4v) is 6.15. The molecule has 1 amide bonds. The van der Waals surface area contributed by atoms with E-state index in [0.29, 0.717) is 18.0 Å². The molecule has 9 heteroatoms. The van der Waals surface area contributed by atoms with Crippen LogP contribution in [0.2, 0.25) is 5.02 Å². The maximum Gasteiger partial charge on any atom is 0.244 e. The van der Waals surface area contributed by atoms with Gasteiger partial charge in [0.15, 0.2) is 0 Å². The van der Waals surface area contributed by atoms with Crippen molar-refractivity contribution in [2.24, 2.45) is 0 Å². The van der Waals surface area contributed by atoms with Crippen LogP contribution >= 0.6 is 11.6 Å². The van der Waals surface area contributed by atoms with Crippen LogP contribution in [-0.4, -0.2) is 57.3 Å². The van der Waals surface area contributed by atoms with Crippen molar-refractivity contribution in [1.82, 2.24) is 14.5 Å². The lowest BCUT2D eigenvalue weighted by Crippen LogP contribution is -2.53. The third-order valence-electron chi connectivity index (χ3n) is 6.52. The Morgan fingerprint density at radius 2 is 1.69 bits per heavy atom. The summed E-state index contributed by atoms with van der Waals surface area (Å²) in [5.41, 5.74) is 2.88. The summed E-state index contributed by atoms with van der Waals surface area (Å²) >= 11 is 5.97. The molecule has 0 saturated heterocycles. The van der Waals surface area contributed by atoms with Gasteiger partial charge >= 0.3 is 0 Å². The highest BCUT2D eigenvalue weighted by Crippen LogP contribution is 2.30. The number of rotatable bonds is 8. The molecule has 3 aromatic rings. The van der Waals surface area contributed by atoms with Crippen molar-refractivity contribution in [3.63, 3.8) is 0 Å². The number of nitrogens with zero attached hydrogens (tertiary/aromatic N) is 2. The Hall–Kier alpha value is -2.91. The van der Waals surface area contributed by atoms with Crippen molar-refractivity contribution in [3.05, 3.63) is 94.5 Å². The number of carbonyl (C=O) groups is 1. The standard InChI is InChI=1S/C27H30ClN3O4S/c1-30(2)26(19-8-12-23(35-3)13-9-19)17-29-27(32)25-16-20-6-4-5-7-21(20)18-31(25)36(33,34)24-14-10-22(28)11-15-24/h4-15,25-26H,16-18H2,1-3H3,(H,29,32)/t25-,26-/m1/s1. The number of likely N-dealkylation sites (N-methyl/N-ethyl adjacent to an activating group) is 1. The molecule has 1 aliphatic heterocycles. The number of sulfonamides is 1. The van der Waals surface area contributed by atoms with Gasteiger partial charge in [-0.25, -0.2) is 8.42 Å². The number of fused-ring (bicyclic) bond motifs is 1. The number of benzene rings is 3. The first-order chi connectivity index (χ1) is 17.2. The van der Waals surface area contributed by atoms with E-state index >= 15 is 0 Å². The van der Waals surface area contributed by atoms with E-state index in [0.717, 1.165) is 22.4 Å². The van der Waals surface area contributed by atoms with Gasteiger partial charge in [-0.05, 0) is 73.6 Å². The number of ether oxygens (including phenoxy) is 1. The molecular weight excluding hydrogens is 498 g/mol. The minimum atomic E-state index is -3.94. The Bertz CT molecular complexity index is 1310. The van der Waals surface area contributed by atoms with Gasteiger partial charge in [0.05, 0.1) is 18.0 Å². The Kier molecular flexibility index (Phi) is 8.00. The van der Waals surface area contributed by atoms with Gasteiger partial charge in [0, 0.05) is 18.1 Å². The summed E-state index contributed by atoms with van der Waals surface area (Å²) in [7, 11) is 1.55. The van der Waals surface area contributed by atoms with Gasteiger partial charge in [-0.1, -0.05) is 48.0 Å². The van der Waals surface area contributed by atoms with E-state index in [-0.39, 0.29) is 23.4 Å². The van der Waals surface area contributed by atoms with Gasteiger partial charge in [0.2, 0.25) is 15.9 Å². The Morgan fingerprint density at radius 3 is 2.31 bits per heavy atom. The maximum absolute atomic E-state index is 13.6. The molecule has 0 spiro atoms. The van der Waals surface area contributed by atoms with E-state index < -0.39 is 16.1 Å². The van der Waals surface area contributed by atoms with Crippen LogP contribution in [0.25, 0.3) is 0 Å². The van der Waals surface area contributed by atoms with Crippen molar-refractivity contribution in [2.45, 2.75) is 29.9 Å². The summed E-state index contributed by atoms with van der Waals surface area (Å²) in [4.78, 5) is 15.7. The summed E-state index contributed by atoms with van der Waals surface area (Å²) in [5.74, 6) is 0.423. The van der Waals surface area contributed by atoms with E-state index in [9.17, 15) is 13.2 Å². The number of halogens is 1. The number of hydrogen-bond acceptors (Lipinski definition) is 5. The number of amides is 1. The van der Waals surface area contributed by atoms with Crippen LogP contribution in [-0.2, 0) is 27.8 Å². The number of hydrogen-bond donors (Lipinski definition) is 1. The quantitative estimate of drug-likeness (QED) is 0.481. The highest BCUT2D eigenvalue weighted by Gasteiger charge is 2.39. The molecule has 1 aliphatic rings. The van der Waals surface area contributed by atoms with E-state index in [2.05, 4.69) is 5.32 Å². The molecular formula is C27H30ClN3O4S. The molecule has 1 N–H and O–H groups in total. The lowest BCUT2D eigenvalue weighted by molar-refractivity contribution is -0.125. The second-order valence-electron chi connectivity index (χ2n) is 8.99. The largest absolute Gasteiger partial charge is 0.497 e.